The lowest BCUT2D eigenvalue weighted by Crippen LogP contribution is -2.21. The minimum absolute atomic E-state index is 0.0104. The van der Waals surface area contributed by atoms with Crippen molar-refractivity contribution in [1.82, 2.24) is 0 Å². The van der Waals surface area contributed by atoms with Crippen LogP contribution in [0, 0.1) is 11.3 Å². The molecule has 1 saturated carbocycles. The predicted molar refractivity (Wildman–Crippen MR) is 75.9 cm³/mol. The number of hydrogen-bond acceptors (Lipinski definition) is 4. The first-order valence-electron chi connectivity index (χ1n) is 6.42. The zero-order chi connectivity index (χ0) is 14.8. The molecule has 0 heterocycles. The lowest BCUT2D eigenvalue weighted by molar-refractivity contribution is -0.117. The van der Waals surface area contributed by atoms with Gasteiger partial charge in [0, 0.05) is 17.7 Å². The molecule has 0 bridgehead atoms. The van der Waals surface area contributed by atoms with Crippen LogP contribution < -0.4 is 15.8 Å². The van der Waals surface area contributed by atoms with E-state index < -0.39 is 0 Å². The Labute approximate surface area is 117 Å². The molecule has 1 aromatic carbocycles. The lowest BCUT2D eigenvalue weighted by atomic mass is 10.1. The fourth-order valence-corrected chi connectivity index (χ4v) is 1.99. The van der Waals surface area contributed by atoms with Gasteiger partial charge in [-0.3, -0.25) is 4.79 Å². The summed E-state index contributed by atoms with van der Waals surface area (Å²) in [5.74, 6) is 0.636. The van der Waals surface area contributed by atoms with Gasteiger partial charge in [0.25, 0.3) is 0 Å². The van der Waals surface area contributed by atoms with Crippen molar-refractivity contribution in [3.05, 3.63) is 24.3 Å². The van der Waals surface area contributed by atoms with E-state index >= 15 is 0 Å². The lowest BCUT2D eigenvalue weighted by Gasteiger charge is -2.09. The highest BCUT2D eigenvalue weighted by molar-refractivity contribution is 5.95. The number of hydrogen-bond donors (Lipinski definition) is 3. The second-order valence-corrected chi connectivity index (χ2v) is 5.64. The Morgan fingerprint density at radius 3 is 2.90 bits per heavy atom. The van der Waals surface area contributed by atoms with Crippen LogP contribution in [-0.2, 0) is 4.79 Å². The average molecular weight is 277 g/mol. The molecule has 4 N–H and O–H groups in total. The molecule has 1 atom stereocenters. The standard InChI is InChI=1S/C14H19N3O3/c1-14(2)7-11(14)13(18)16-9-4-3-5-10(6-9)20-8-12(15)17-19/h3-6,11,19H,7-8H2,1-2H3,(H2,15,17)(H,16,18). The quantitative estimate of drug-likeness (QED) is 0.331. The maximum atomic E-state index is 12.0. The van der Waals surface area contributed by atoms with Crippen molar-refractivity contribution in [3.63, 3.8) is 0 Å². The molecule has 108 valence electrons. The molecule has 0 aromatic heterocycles. The molecule has 1 fully saturated rings. The van der Waals surface area contributed by atoms with Gasteiger partial charge in [0.2, 0.25) is 5.91 Å². The van der Waals surface area contributed by atoms with Crippen LogP contribution in [0.1, 0.15) is 20.3 Å². The van der Waals surface area contributed by atoms with E-state index in [-0.39, 0.29) is 29.7 Å². The summed E-state index contributed by atoms with van der Waals surface area (Å²) in [6, 6.07) is 7.01. The van der Waals surface area contributed by atoms with Crippen molar-refractivity contribution >= 4 is 17.4 Å². The summed E-state index contributed by atoms with van der Waals surface area (Å²) < 4.78 is 5.33. The van der Waals surface area contributed by atoms with Gasteiger partial charge in [-0.15, -0.1) is 0 Å². The Hall–Kier alpha value is -2.24. The highest BCUT2D eigenvalue weighted by atomic mass is 16.5. The first kappa shape index (κ1) is 14.2. The second kappa shape index (κ2) is 5.40. The Kier molecular flexibility index (Phi) is 3.83. The molecule has 2 rings (SSSR count). The molecular formula is C14H19N3O3. The van der Waals surface area contributed by atoms with E-state index in [1.54, 1.807) is 24.3 Å². The average Bonchev–Trinajstić information content (AvgIpc) is 3.05. The van der Waals surface area contributed by atoms with Gasteiger partial charge in [0.05, 0.1) is 0 Å². The van der Waals surface area contributed by atoms with Crippen molar-refractivity contribution < 1.29 is 14.7 Å². The number of oxime groups is 1. The third-order valence-corrected chi connectivity index (χ3v) is 3.45. The van der Waals surface area contributed by atoms with Crippen LogP contribution in [0.4, 0.5) is 5.69 Å². The van der Waals surface area contributed by atoms with Crippen molar-refractivity contribution in [2.45, 2.75) is 20.3 Å². The molecule has 6 heteroatoms. The van der Waals surface area contributed by atoms with E-state index in [4.69, 9.17) is 15.7 Å². The molecule has 1 unspecified atom stereocenters. The molecule has 1 aliphatic carbocycles. The largest absolute Gasteiger partial charge is 0.485 e. The van der Waals surface area contributed by atoms with Crippen LogP contribution in [0.15, 0.2) is 29.4 Å². The number of amidine groups is 1. The van der Waals surface area contributed by atoms with E-state index in [2.05, 4.69) is 24.3 Å². The smallest absolute Gasteiger partial charge is 0.228 e. The molecule has 0 aliphatic heterocycles. The van der Waals surface area contributed by atoms with Gasteiger partial charge in [-0.1, -0.05) is 25.1 Å². The van der Waals surface area contributed by atoms with Gasteiger partial charge in [0.1, 0.15) is 12.4 Å². The molecule has 0 spiro atoms. The zero-order valence-electron chi connectivity index (χ0n) is 11.6. The summed E-state index contributed by atoms with van der Waals surface area (Å²) in [7, 11) is 0. The zero-order valence-corrected chi connectivity index (χ0v) is 11.6. The first-order chi connectivity index (χ1) is 9.42. The Morgan fingerprint density at radius 1 is 1.60 bits per heavy atom. The minimum Gasteiger partial charge on any atom is -0.485 e. The van der Waals surface area contributed by atoms with Gasteiger partial charge in [-0.2, -0.15) is 0 Å². The Balaban J connectivity index is 1.94. The summed E-state index contributed by atoms with van der Waals surface area (Å²) in [5, 5.41) is 14.1. The van der Waals surface area contributed by atoms with Crippen LogP contribution in [0.3, 0.4) is 0 Å². The van der Waals surface area contributed by atoms with Gasteiger partial charge in [-0.05, 0) is 24.0 Å². The monoisotopic (exact) mass is 277 g/mol. The number of rotatable bonds is 5. The molecule has 1 aromatic rings. The van der Waals surface area contributed by atoms with E-state index in [1.807, 2.05) is 0 Å². The summed E-state index contributed by atoms with van der Waals surface area (Å²) in [6.45, 7) is 4.14. The number of carbonyl (C=O) groups excluding carboxylic acids is 1. The number of ether oxygens (including phenoxy) is 1. The number of nitrogens with one attached hydrogen (secondary N) is 1. The van der Waals surface area contributed by atoms with Gasteiger partial charge in [-0.25, -0.2) is 0 Å². The van der Waals surface area contributed by atoms with E-state index in [0.29, 0.717) is 11.4 Å². The Morgan fingerprint density at radius 2 is 2.30 bits per heavy atom. The summed E-state index contributed by atoms with van der Waals surface area (Å²) in [5.41, 5.74) is 6.10. The number of benzene rings is 1. The fourth-order valence-electron chi connectivity index (χ4n) is 1.99. The molecule has 6 nitrogen and oxygen atoms in total. The fraction of sp³-hybridized carbons (Fsp3) is 0.429. The first-order valence-corrected chi connectivity index (χ1v) is 6.42. The van der Waals surface area contributed by atoms with Crippen LogP contribution in [0.25, 0.3) is 0 Å². The third kappa shape index (κ3) is 3.40. The summed E-state index contributed by atoms with van der Waals surface area (Å²) in [4.78, 5) is 12.0. The predicted octanol–water partition coefficient (Wildman–Crippen LogP) is 1.80. The Bertz CT molecular complexity index is 540. The third-order valence-electron chi connectivity index (χ3n) is 3.45. The highest BCUT2D eigenvalue weighted by Gasteiger charge is 2.50. The van der Waals surface area contributed by atoms with Crippen LogP contribution in [-0.4, -0.2) is 23.6 Å². The van der Waals surface area contributed by atoms with Gasteiger partial charge >= 0.3 is 0 Å². The number of amides is 1. The highest BCUT2D eigenvalue weighted by Crippen LogP contribution is 2.52. The van der Waals surface area contributed by atoms with E-state index in [9.17, 15) is 4.79 Å². The normalized spacial score (nSPS) is 20.3. The number of nitrogens with zero attached hydrogens (tertiary/aromatic N) is 1. The van der Waals surface area contributed by atoms with Crippen molar-refractivity contribution in [2.75, 3.05) is 11.9 Å². The molecule has 0 radical (unpaired) electrons. The van der Waals surface area contributed by atoms with Gasteiger partial charge in [0.15, 0.2) is 5.84 Å². The minimum atomic E-state index is -0.0147. The number of carbonyl (C=O) groups is 1. The van der Waals surface area contributed by atoms with Crippen molar-refractivity contribution in [1.29, 1.82) is 0 Å². The second-order valence-electron chi connectivity index (χ2n) is 5.64. The van der Waals surface area contributed by atoms with Crippen molar-refractivity contribution in [2.24, 2.45) is 22.2 Å². The molecule has 1 aliphatic rings. The molecule has 0 saturated heterocycles. The number of nitrogens with two attached hydrogens (primary N) is 1. The van der Waals surface area contributed by atoms with Crippen LogP contribution in [0.2, 0.25) is 0 Å². The molecular weight excluding hydrogens is 258 g/mol. The topological polar surface area (TPSA) is 96.9 Å². The molecule has 20 heavy (non-hydrogen) atoms. The maximum absolute atomic E-state index is 12.0. The number of anilines is 1. The van der Waals surface area contributed by atoms with Crippen LogP contribution >= 0.6 is 0 Å². The SMILES string of the molecule is CC1(C)CC1C(=O)Nc1cccc(OC/C(N)=N/O)c1. The van der Waals surface area contributed by atoms with Gasteiger partial charge < -0.3 is 21.0 Å². The van der Waals surface area contributed by atoms with Crippen LogP contribution in [0.5, 0.6) is 5.75 Å². The maximum Gasteiger partial charge on any atom is 0.228 e. The van der Waals surface area contributed by atoms with E-state index in [1.165, 1.54) is 0 Å². The summed E-state index contributed by atoms with van der Waals surface area (Å²) >= 11 is 0. The summed E-state index contributed by atoms with van der Waals surface area (Å²) in [6.07, 6.45) is 0.915. The molecule has 1 amide bonds. The van der Waals surface area contributed by atoms with E-state index in [0.717, 1.165) is 6.42 Å². The van der Waals surface area contributed by atoms with Crippen molar-refractivity contribution in [3.8, 4) is 5.75 Å².